The Morgan fingerprint density at radius 3 is 2.24 bits per heavy atom. The van der Waals surface area contributed by atoms with Gasteiger partial charge in [-0.25, -0.2) is 4.79 Å². The number of anilines is 2. The fourth-order valence-electron chi connectivity index (χ4n) is 5.47. The first-order chi connectivity index (χ1) is 22.0. The molecule has 226 valence electrons. The summed E-state index contributed by atoms with van der Waals surface area (Å²) in [7, 11) is 0. The van der Waals surface area contributed by atoms with Crippen molar-refractivity contribution in [2.24, 2.45) is 5.92 Å². The SMILES string of the molecule is O=C(c1ccccc1)c1ccccc1NC(Cc1ccc(OCCNc2c(C(=O)C3CC3)ccc3ccccc23)cc1)C(=O)O. The van der Waals surface area contributed by atoms with Crippen molar-refractivity contribution < 1.29 is 24.2 Å². The molecule has 0 spiro atoms. The molecule has 5 aromatic rings. The molecule has 6 rings (SSSR count). The zero-order valence-electron chi connectivity index (χ0n) is 24.7. The van der Waals surface area contributed by atoms with Crippen LogP contribution >= 0.6 is 0 Å². The number of ether oxygens (including phenoxy) is 1. The molecule has 1 saturated carbocycles. The average molecular weight is 599 g/mol. The number of benzene rings is 5. The Morgan fingerprint density at radius 2 is 1.49 bits per heavy atom. The van der Waals surface area contributed by atoms with Crippen molar-refractivity contribution in [1.82, 2.24) is 0 Å². The third-order valence-electron chi connectivity index (χ3n) is 8.01. The van der Waals surface area contributed by atoms with Gasteiger partial charge in [-0.05, 0) is 54.1 Å². The number of hydrogen-bond acceptors (Lipinski definition) is 6. The summed E-state index contributed by atoms with van der Waals surface area (Å²) < 4.78 is 5.97. The first-order valence-electron chi connectivity index (χ1n) is 15.2. The van der Waals surface area contributed by atoms with Gasteiger partial charge in [0.2, 0.25) is 0 Å². The number of nitrogens with one attached hydrogen (secondary N) is 2. The van der Waals surface area contributed by atoms with Crippen molar-refractivity contribution in [2.45, 2.75) is 25.3 Å². The summed E-state index contributed by atoms with van der Waals surface area (Å²) in [4.78, 5) is 38.3. The van der Waals surface area contributed by atoms with Gasteiger partial charge in [-0.3, -0.25) is 9.59 Å². The Hall–Kier alpha value is -5.43. The Balaban J connectivity index is 1.07. The second-order valence-corrected chi connectivity index (χ2v) is 11.2. The lowest BCUT2D eigenvalue weighted by Crippen LogP contribution is -2.32. The van der Waals surface area contributed by atoms with E-state index < -0.39 is 12.0 Å². The van der Waals surface area contributed by atoms with Crippen LogP contribution in [0, 0.1) is 5.92 Å². The lowest BCUT2D eigenvalue weighted by Gasteiger charge is -2.18. The lowest BCUT2D eigenvalue weighted by molar-refractivity contribution is -0.137. The molecule has 0 aliphatic heterocycles. The number of carbonyl (C=O) groups excluding carboxylic acids is 2. The smallest absolute Gasteiger partial charge is 0.326 e. The molecule has 45 heavy (non-hydrogen) atoms. The molecule has 1 aliphatic rings. The van der Waals surface area contributed by atoms with Crippen molar-refractivity contribution in [3.05, 3.63) is 138 Å². The van der Waals surface area contributed by atoms with E-state index in [0.717, 1.165) is 40.4 Å². The van der Waals surface area contributed by atoms with Crippen LogP contribution in [0.2, 0.25) is 0 Å². The van der Waals surface area contributed by atoms with Crippen molar-refractivity contribution in [3.8, 4) is 5.75 Å². The molecule has 0 saturated heterocycles. The second-order valence-electron chi connectivity index (χ2n) is 11.2. The molecule has 0 amide bonds. The Kier molecular flexibility index (Phi) is 8.87. The summed E-state index contributed by atoms with van der Waals surface area (Å²) in [5.74, 6) is -0.211. The number of carboxylic acid groups (broad SMARTS) is 1. The molecule has 0 radical (unpaired) electrons. The molecular formula is C38H34N2O5. The minimum atomic E-state index is -1.02. The summed E-state index contributed by atoms with van der Waals surface area (Å²) in [5, 5.41) is 18.6. The highest BCUT2D eigenvalue weighted by molar-refractivity contribution is 6.12. The molecule has 0 bridgehead atoms. The maximum Gasteiger partial charge on any atom is 0.326 e. The van der Waals surface area contributed by atoms with Crippen LogP contribution in [0.4, 0.5) is 11.4 Å². The number of hydrogen-bond donors (Lipinski definition) is 3. The minimum absolute atomic E-state index is 0.129. The molecule has 1 fully saturated rings. The van der Waals surface area contributed by atoms with Crippen molar-refractivity contribution >= 4 is 39.7 Å². The van der Waals surface area contributed by atoms with E-state index in [-0.39, 0.29) is 23.9 Å². The summed E-state index contributed by atoms with van der Waals surface area (Å²) in [5.41, 5.74) is 3.82. The van der Waals surface area contributed by atoms with E-state index in [2.05, 4.69) is 10.6 Å². The van der Waals surface area contributed by atoms with E-state index in [1.807, 2.05) is 66.7 Å². The van der Waals surface area contributed by atoms with E-state index >= 15 is 0 Å². The van der Waals surface area contributed by atoms with E-state index in [0.29, 0.717) is 35.7 Å². The highest BCUT2D eigenvalue weighted by atomic mass is 16.5. The molecule has 1 aliphatic carbocycles. The molecule has 1 atom stereocenters. The monoisotopic (exact) mass is 598 g/mol. The Morgan fingerprint density at radius 1 is 0.778 bits per heavy atom. The molecule has 5 aromatic carbocycles. The zero-order valence-corrected chi connectivity index (χ0v) is 24.7. The van der Waals surface area contributed by atoms with Gasteiger partial charge < -0.3 is 20.5 Å². The van der Waals surface area contributed by atoms with Gasteiger partial charge in [-0.2, -0.15) is 0 Å². The van der Waals surface area contributed by atoms with Crippen LogP contribution in [0.15, 0.2) is 115 Å². The van der Waals surface area contributed by atoms with Crippen molar-refractivity contribution in [3.63, 3.8) is 0 Å². The zero-order chi connectivity index (χ0) is 31.2. The Bertz CT molecular complexity index is 1830. The number of ketones is 2. The van der Waals surface area contributed by atoms with Crippen LogP contribution in [0.25, 0.3) is 10.8 Å². The van der Waals surface area contributed by atoms with Gasteiger partial charge in [0.05, 0.1) is 5.69 Å². The number of fused-ring (bicyclic) bond motifs is 1. The van der Waals surface area contributed by atoms with Crippen LogP contribution in [0.3, 0.4) is 0 Å². The maximum atomic E-state index is 13.1. The van der Waals surface area contributed by atoms with Gasteiger partial charge in [0.25, 0.3) is 0 Å². The maximum absolute atomic E-state index is 13.1. The average Bonchev–Trinajstić information content (AvgIpc) is 3.93. The molecule has 0 aromatic heterocycles. The van der Waals surface area contributed by atoms with E-state index in [1.165, 1.54) is 0 Å². The van der Waals surface area contributed by atoms with Gasteiger partial charge in [-0.15, -0.1) is 0 Å². The number of carbonyl (C=O) groups is 3. The summed E-state index contributed by atoms with van der Waals surface area (Å²) >= 11 is 0. The summed E-state index contributed by atoms with van der Waals surface area (Å²) in [6.07, 6.45) is 2.12. The van der Waals surface area contributed by atoms with E-state index in [4.69, 9.17) is 4.74 Å². The summed E-state index contributed by atoms with van der Waals surface area (Å²) in [6, 6.07) is 34.2. The predicted molar refractivity (Wildman–Crippen MR) is 176 cm³/mol. The molecule has 3 N–H and O–H groups in total. The number of aliphatic carboxylic acids is 1. The first-order valence-corrected chi connectivity index (χ1v) is 15.2. The quantitative estimate of drug-likeness (QED) is 0.0913. The summed E-state index contributed by atoms with van der Waals surface area (Å²) in [6.45, 7) is 0.887. The molecule has 1 unspecified atom stereocenters. The predicted octanol–water partition coefficient (Wildman–Crippen LogP) is 7.26. The van der Waals surface area contributed by atoms with Crippen LogP contribution in [0.5, 0.6) is 5.75 Å². The standard InChI is InChI=1S/C38H34N2O5/c41-36(27-9-2-1-3-10-27)31-12-6-7-13-33(31)40-34(38(43)44)24-25-14-19-29(20-15-25)45-23-22-39-35-30-11-5-4-8-26(30)18-21-32(35)37(42)28-16-17-28/h1-15,18-21,28,34,39-40H,16-17,22-24H2,(H,43,44). The third kappa shape index (κ3) is 7.04. The highest BCUT2D eigenvalue weighted by Gasteiger charge is 2.32. The largest absolute Gasteiger partial charge is 0.492 e. The second kappa shape index (κ2) is 13.5. The molecule has 7 heteroatoms. The third-order valence-corrected chi connectivity index (χ3v) is 8.01. The number of Topliss-reactive ketones (excluding diaryl/α,β-unsaturated/α-hetero) is 1. The number of rotatable bonds is 14. The van der Waals surface area contributed by atoms with Crippen LogP contribution < -0.4 is 15.4 Å². The highest BCUT2D eigenvalue weighted by Crippen LogP contribution is 2.37. The van der Waals surface area contributed by atoms with Crippen molar-refractivity contribution in [2.75, 3.05) is 23.8 Å². The van der Waals surface area contributed by atoms with E-state index in [1.54, 1.807) is 48.5 Å². The normalized spacial score (nSPS) is 13.2. The fourth-order valence-corrected chi connectivity index (χ4v) is 5.47. The van der Waals surface area contributed by atoms with Crippen molar-refractivity contribution in [1.29, 1.82) is 0 Å². The molecular weight excluding hydrogens is 564 g/mol. The lowest BCUT2D eigenvalue weighted by atomic mass is 9.99. The van der Waals surface area contributed by atoms with Gasteiger partial charge in [-0.1, -0.05) is 84.9 Å². The molecule has 7 nitrogen and oxygen atoms in total. The minimum Gasteiger partial charge on any atom is -0.492 e. The Labute approximate surface area is 261 Å². The van der Waals surface area contributed by atoms with Gasteiger partial charge >= 0.3 is 5.97 Å². The van der Waals surface area contributed by atoms with Gasteiger partial charge in [0.15, 0.2) is 11.6 Å². The van der Waals surface area contributed by atoms with Gasteiger partial charge in [0.1, 0.15) is 18.4 Å². The van der Waals surface area contributed by atoms with Crippen LogP contribution in [-0.2, 0) is 11.2 Å². The number of carboxylic acids is 1. The van der Waals surface area contributed by atoms with Crippen LogP contribution in [-0.4, -0.2) is 41.8 Å². The number of para-hydroxylation sites is 1. The van der Waals surface area contributed by atoms with Gasteiger partial charge in [0, 0.05) is 46.6 Å². The first kappa shape index (κ1) is 29.6. The molecule has 0 heterocycles. The fraction of sp³-hybridized carbons (Fsp3) is 0.184. The topological polar surface area (TPSA) is 105 Å². The van der Waals surface area contributed by atoms with Crippen LogP contribution in [0.1, 0.15) is 44.7 Å². The van der Waals surface area contributed by atoms with E-state index in [9.17, 15) is 19.5 Å².